The number of rotatable bonds is 3. The number of hydrogen-bond acceptors (Lipinski definition) is 6. The van der Waals surface area contributed by atoms with E-state index in [4.69, 9.17) is 21.3 Å². The third-order valence-corrected chi connectivity index (χ3v) is 5.78. The minimum Gasteiger partial charge on any atom is -0.367 e. The molecule has 2 atom stereocenters. The van der Waals surface area contributed by atoms with Crippen LogP contribution < -0.4 is 4.90 Å². The zero-order valence-electron chi connectivity index (χ0n) is 16.3. The lowest BCUT2D eigenvalue weighted by molar-refractivity contribution is -0.0176. The van der Waals surface area contributed by atoms with E-state index in [2.05, 4.69) is 37.8 Å². The summed E-state index contributed by atoms with van der Waals surface area (Å²) in [5.41, 5.74) is 4.09. The number of aryl methyl sites for hydroxylation is 2. The highest BCUT2D eigenvalue weighted by atomic mass is 35.5. The van der Waals surface area contributed by atoms with Crippen molar-refractivity contribution in [3.63, 3.8) is 0 Å². The van der Waals surface area contributed by atoms with Gasteiger partial charge in [-0.1, -0.05) is 11.6 Å². The molecule has 4 heterocycles. The van der Waals surface area contributed by atoms with E-state index in [1.165, 1.54) is 12.8 Å². The molecule has 2 aliphatic rings. The quantitative estimate of drug-likeness (QED) is 0.668. The fraction of sp³-hybridized carbons (Fsp3) is 0.500. The standard InChI is InChI=1S/C20H23ClN6O/c1-11-8-26(10-17(28-11)14-7-22-27(9-14)15-4-5-15)18-6-16(21)19-20(25-18)24-13(3)12(2)23-19/h6-7,9,11,15,17H,4-5,8,10H2,1-3H3/t11-,17-/m1/s1. The smallest absolute Gasteiger partial charge is 0.182 e. The van der Waals surface area contributed by atoms with Crippen molar-refractivity contribution in [2.24, 2.45) is 0 Å². The molecule has 3 aromatic rings. The Bertz CT molecular complexity index is 1050. The first-order valence-corrected chi connectivity index (χ1v) is 10.1. The summed E-state index contributed by atoms with van der Waals surface area (Å²) in [4.78, 5) is 16.1. The van der Waals surface area contributed by atoms with Crippen molar-refractivity contribution >= 4 is 28.6 Å². The normalized spacial score (nSPS) is 22.8. The molecule has 0 N–H and O–H groups in total. The van der Waals surface area contributed by atoms with Gasteiger partial charge in [0.2, 0.25) is 0 Å². The number of nitrogens with zero attached hydrogens (tertiary/aromatic N) is 6. The molecule has 1 saturated carbocycles. The average molecular weight is 399 g/mol. The number of halogens is 1. The number of ether oxygens (including phenoxy) is 1. The summed E-state index contributed by atoms with van der Waals surface area (Å²) in [6.07, 6.45) is 6.51. The van der Waals surface area contributed by atoms with Crippen LogP contribution in [0.1, 0.15) is 48.9 Å². The highest BCUT2D eigenvalue weighted by molar-refractivity contribution is 6.35. The second-order valence-corrected chi connectivity index (χ2v) is 8.26. The predicted molar refractivity (Wildman–Crippen MR) is 108 cm³/mol. The van der Waals surface area contributed by atoms with Crippen molar-refractivity contribution in [3.8, 4) is 0 Å². The molecule has 0 bridgehead atoms. The number of hydrogen-bond donors (Lipinski definition) is 0. The molecule has 3 aromatic heterocycles. The van der Waals surface area contributed by atoms with E-state index in [0.29, 0.717) is 28.8 Å². The van der Waals surface area contributed by atoms with Gasteiger partial charge in [-0.2, -0.15) is 5.10 Å². The second-order valence-electron chi connectivity index (χ2n) is 7.85. The Morgan fingerprint density at radius 1 is 1.11 bits per heavy atom. The molecule has 146 valence electrons. The summed E-state index contributed by atoms with van der Waals surface area (Å²) >= 11 is 6.53. The lowest BCUT2D eigenvalue weighted by Crippen LogP contribution is -2.43. The van der Waals surface area contributed by atoms with Gasteiger partial charge in [0, 0.05) is 24.4 Å². The van der Waals surface area contributed by atoms with E-state index >= 15 is 0 Å². The zero-order valence-corrected chi connectivity index (χ0v) is 17.0. The van der Waals surface area contributed by atoms with E-state index < -0.39 is 0 Å². The maximum absolute atomic E-state index is 6.53. The largest absolute Gasteiger partial charge is 0.367 e. The number of fused-ring (bicyclic) bond motifs is 1. The topological polar surface area (TPSA) is 69.0 Å². The fourth-order valence-corrected chi connectivity index (χ4v) is 3.92. The van der Waals surface area contributed by atoms with Crippen LogP contribution in [0.15, 0.2) is 18.5 Å². The number of aromatic nitrogens is 5. The Labute approximate surface area is 168 Å². The van der Waals surface area contributed by atoms with Gasteiger partial charge in [0.15, 0.2) is 5.65 Å². The minimum absolute atomic E-state index is 0.0432. The summed E-state index contributed by atoms with van der Waals surface area (Å²) in [6, 6.07) is 2.45. The summed E-state index contributed by atoms with van der Waals surface area (Å²) in [5.74, 6) is 0.810. The molecule has 7 nitrogen and oxygen atoms in total. The maximum atomic E-state index is 6.53. The van der Waals surface area contributed by atoms with Gasteiger partial charge >= 0.3 is 0 Å². The van der Waals surface area contributed by atoms with Crippen molar-refractivity contribution in [2.75, 3.05) is 18.0 Å². The van der Waals surface area contributed by atoms with Gasteiger partial charge in [0.1, 0.15) is 17.4 Å². The van der Waals surface area contributed by atoms with Gasteiger partial charge in [-0.15, -0.1) is 0 Å². The molecule has 0 unspecified atom stereocenters. The van der Waals surface area contributed by atoms with E-state index in [1.807, 2.05) is 26.1 Å². The molecule has 2 fully saturated rings. The van der Waals surface area contributed by atoms with Crippen LogP contribution in [0, 0.1) is 13.8 Å². The van der Waals surface area contributed by atoms with Crippen LogP contribution in [0.25, 0.3) is 11.2 Å². The third kappa shape index (κ3) is 3.22. The number of morpholine rings is 1. The van der Waals surface area contributed by atoms with Gasteiger partial charge in [-0.25, -0.2) is 15.0 Å². The Kier molecular flexibility index (Phi) is 4.25. The van der Waals surface area contributed by atoms with E-state index in [-0.39, 0.29) is 12.2 Å². The summed E-state index contributed by atoms with van der Waals surface area (Å²) in [6.45, 7) is 7.41. The molecule has 0 spiro atoms. The predicted octanol–water partition coefficient (Wildman–Crippen LogP) is 3.79. The minimum atomic E-state index is -0.0432. The maximum Gasteiger partial charge on any atom is 0.182 e. The summed E-state index contributed by atoms with van der Waals surface area (Å²) < 4.78 is 8.27. The molecule has 1 aliphatic heterocycles. The Morgan fingerprint density at radius 2 is 1.89 bits per heavy atom. The lowest BCUT2D eigenvalue weighted by atomic mass is 10.1. The molecule has 1 saturated heterocycles. The van der Waals surface area contributed by atoms with Crippen molar-refractivity contribution in [1.82, 2.24) is 24.7 Å². The van der Waals surface area contributed by atoms with Gasteiger partial charge in [-0.05, 0) is 33.6 Å². The lowest BCUT2D eigenvalue weighted by Gasteiger charge is -2.37. The molecule has 5 rings (SSSR count). The van der Waals surface area contributed by atoms with Gasteiger partial charge < -0.3 is 9.64 Å². The van der Waals surface area contributed by atoms with E-state index in [9.17, 15) is 0 Å². The number of pyridine rings is 1. The SMILES string of the molecule is Cc1nc2nc(N3C[C@@H](C)O[C@@H](c4cnn(C5CC5)c4)C3)cc(Cl)c2nc1C. The molecule has 0 aromatic carbocycles. The zero-order chi connectivity index (χ0) is 19.4. The second kappa shape index (κ2) is 6.67. The first kappa shape index (κ1) is 17.8. The summed E-state index contributed by atoms with van der Waals surface area (Å²) in [5, 5.41) is 5.09. The first-order chi connectivity index (χ1) is 13.5. The molecular formula is C20H23ClN6O. The van der Waals surface area contributed by atoms with Crippen molar-refractivity contribution in [2.45, 2.75) is 51.9 Å². The van der Waals surface area contributed by atoms with Crippen LogP contribution in [0.2, 0.25) is 5.02 Å². The van der Waals surface area contributed by atoms with Gasteiger partial charge in [0.25, 0.3) is 0 Å². The molecule has 8 heteroatoms. The molecule has 1 aliphatic carbocycles. The van der Waals surface area contributed by atoms with Gasteiger partial charge in [-0.3, -0.25) is 4.68 Å². The van der Waals surface area contributed by atoms with E-state index in [0.717, 1.165) is 29.3 Å². The average Bonchev–Trinajstić information content (AvgIpc) is 3.39. The molecule has 28 heavy (non-hydrogen) atoms. The monoisotopic (exact) mass is 398 g/mol. The van der Waals surface area contributed by atoms with Crippen LogP contribution in [0.5, 0.6) is 0 Å². The highest BCUT2D eigenvalue weighted by Gasteiger charge is 2.30. The summed E-state index contributed by atoms with van der Waals surface area (Å²) in [7, 11) is 0. The van der Waals surface area contributed by atoms with E-state index in [1.54, 1.807) is 0 Å². The van der Waals surface area contributed by atoms with Crippen molar-refractivity contribution in [3.05, 3.63) is 40.4 Å². The molecular weight excluding hydrogens is 376 g/mol. The van der Waals surface area contributed by atoms with Crippen LogP contribution in [0.3, 0.4) is 0 Å². The van der Waals surface area contributed by atoms with Crippen molar-refractivity contribution < 1.29 is 4.74 Å². The van der Waals surface area contributed by atoms with Crippen LogP contribution in [-0.2, 0) is 4.74 Å². The van der Waals surface area contributed by atoms with Crippen LogP contribution in [0.4, 0.5) is 5.82 Å². The van der Waals surface area contributed by atoms with Crippen molar-refractivity contribution in [1.29, 1.82) is 0 Å². The number of anilines is 1. The highest BCUT2D eigenvalue weighted by Crippen LogP contribution is 2.36. The first-order valence-electron chi connectivity index (χ1n) is 9.74. The Balaban J connectivity index is 1.46. The van der Waals surface area contributed by atoms with Gasteiger partial charge in [0.05, 0.1) is 41.3 Å². The third-order valence-electron chi connectivity index (χ3n) is 5.49. The Morgan fingerprint density at radius 3 is 2.68 bits per heavy atom. The molecule has 0 amide bonds. The molecule has 0 radical (unpaired) electrons. The Hall–Kier alpha value is -2.25. The van der Waals surface area contributed by atoms with Crippen LogP contribution >= 0.6 is 11.6 Å². The van der Waals surface area contributed by atoms with Crippen LogP contribution in [-0.4, -0.2) is 43.9 Å². The fourth-order valence-electron chi connectivity index (χ4n) is 3.69.